The maximum atomic E-state index is 14.2. The number of hydrogen-bond acceptors (Lipinski definition) is 6. The summed E-state index contributed by atoms with van der Waals surface area (Å²) in [5, 5.41) is 26.1. The van der Waals surface area contributed by atoms with Gasteiger partial charge in [0, 0.05) is 35.8 Å². The lowest BCUT2D eigenvalue weighted by molar-refractivity contribution is -0.117. The number of ether oxygens (including phenoxy) is 1. The van der Waals surface area contributed by atoms with E-state index in [9.17, 15) is 24.0 Å². The molecule has 0 bridgehead atoms. The van der Waals surface area contributed by atoms with E-state index in [1.54, 1.807) is 30.6 Å². The molecule has 0 saturated carbocycles. The number of benzene rings is 2. The highest BCUT2D eigenvalue weighted by Gasteiger charge is 2.25. The Morgan fingerprint density at radius 3 is 2.60 bits per heavy atom. The van der Waals surface area contributed by atoms with Crippen LogP contribution < -0.4 is 16.1 Å². The van der Waals surface area contributed by atoms with E-state index in [1.807, 2.05) is 6.07 Å². The number of carbonyl (C=O) groups excluding carboxylic acids is 2. The number of pyridine rings is 1. The summed E-state index contributed by atoms with van der Waals surface area (Å²) in [4.78, 5) is 29.5. The predicted octanol–water partition coefficient (Wildman–Crippen LogP) is 2.20. The van der Waals surface area contributed by atoms with Crippen LogP contribution in [0.5, 0.6) is 0 Å². The van der Waals surface area contributed by atoms with Gasteiger partial charge in [0.05, 0.1) is 5.92 Å². The summed E-state index contributed by atoms with van der Waals surface area (Å²) in [6.07, 6.45) is 8.97. The molecular formula is C24H29BFN3O5S. The number of carbonyl (C=O) groups is 2. The molecule has 0 aliphatic rings. The van der Waals surface area contributed by atoms with Crippen molar-refractivity contribution in [3.63, 3.8) is 0 Å². The number of hydrogen-bond donors (Lipinski definition) is 4. The summed E-state index contributed by atoms with van der Waals surface area (Å²) in [6.45, 7) is 0.0588. The lowest BCUT2D eigenvalue weighted by Crippen LogP contribution is -2.36. The molecule has 1 heterocycles. The number of alkyl carbamates (subject to hydrolysis) is 1. The van der Waals surface area contributed by atoms with Crippen LogP contribution in [0.3, 0.4) is 0 Å². The molecule has 8 nitrogen and oxygen atoms in total. The minimum Gasteiger partial charge on any atom is -0.449 e. The van der Waals surface area contributed by atoms with Gasteiger partial charge in [0.15, 0.2) is 0 Å². The van der Waals surface area contributed by atoms with E-state index in [1.165, 1.54) is 6.07 Å². The molecule has 1 unspecified atom stereocenters. The molecule has 11 heteroatoms. The van der Waals surface area contributed by atoms with E-state index < -0.39 is 40.9 Å². The highest BCUT2D eigenvalue weighted by Crippen LogP contribution is 2.33. The Hall–Kier alpha value is -3.15. The predicted molar refractivity (Wildman–Crippen MR) is 139 cm³/mol. The average molecular weight is 501 g/mol. The summed E-state index contributed by atoms with van der Waals surface area (Å²) < 4.78 is 19.4. The van der Waals surface area contributed by atoms with Gasteiger partial charge in [-0.05, 0) is 65.5 Å². The van der Waals surface area contributed by atoms with Crippen molar-refractivity contribution in [1.82, 2.24) is 10.3 Å². The number of nitrogens with one attached hydrogen (secondary N) is 2. The van der Waals surface area contributed by atoms with Crippen LogP contribution in [0.1, 0.15) is 11.5 Å². The van der Waals surface area contributed by atoms with Crippen molar-refractivity contribution in [3.05, 3.63) is 66.2 Å². The van der Waals surface area contributed by atoms with Crippen molar-refractivity contribution in [3.8, 4) is 0 Å². The molecular weight excluding hydrogens is 472 g/mol. The molecule has 3 rings (SSSR count). The summed E-state index contributed by atoms with van der Waals surface area (Å²) >= 11 is 0. The molecule has 0 aliphatic carbocycles. The first kappa shape index (κ1) is 26.5. The minimum absolute atomic E-state index is 0.105. The molecule has 35 heavy (non-hydrogen) atoms. The second-order valence-electron chi connectivity index (χ2n) is 8.98. The van der Waals surface area contributed by atoms with Crippen molar-refractivity contribution in [2.75, 3.05) is 43.0 Å². The maximum absolute atomic E-state index is 14.2. The molecule has 0 radical (unpaired) electrons. The maximum Gasteiger partial charge on any atom is 0.488 e. The number of fused-ring (bicyclic) bond motifs is 1. The Bertz CT molecular complexity index is 1210. The van der Waals surface area contributed by atoms with Crippen LogP contribution in [0, 0.1) is 5.82 Å². The third-order valence-corrected chi connectivity index (χ3v) is 6.64. The zero-order valence-corrected chi connectivity index (χ0v) is 20.6. The third-order valence-electron chi connectivity index (χ3n) is 5.25. The van der Waals surface area contributed by atoms with Crippen LogP contribution in [0.25, 0.3) is 10.8 Å². The zero-order chi connectivity index (χ0) is 25.6. The van der Waals surface area contributed by atoms with Crippen LogP contribution >= 0.6 is 10.0 Å². The molecule has 0 fully saturated rings. The molecule has 2 amide bonds. The summed E-state index contributed by atoms with van der Waals surface area (Å²) in [5.74, 6) is -1.54. The first-order valence-electron chi connectivity index (χ1n) is 10.9. The molecule has 4 N–H and O–H groups in total. The third kappa shape index (κ3) is 7.95. The van der Waals surface area contributed by atoms with Gasteiger partial charge in [0.25, 0.3) is 0 Å². The van der Waals surface area contributed by atoms with E-state index in [-0.39, 0.29) is 24.2 Å². The second kappa shape index (κ2) is 11.5. The van der Waals surface area contributed by atoms with Gasteiger partial charge >= 0.3 is 13.2 Å². The summed E-state index contributed by atoms with van der Waals surface area (Å²) in [6, 6.07) is 10.5. The second-order valence-corrected chi connectivity index (χ2v) is 13.6. The number of halogens is 1. The summed E-state index contributed by atoms with van der Waals surface area (Å²) in [5.41, 5.74) is 0.579. The number of aromatic nitrogens is 1. The number of rotatable bonds is 9. The standard InChI is InChI=1S/C24H29BFN3O5S/c1-35(2,3)9-8-34-24(31)28-15-22(18-10-19(25(32)33)13-20(26)11-18)23(30)29-21-5-4-17-14-27-7-6-16(17)12-21/h4-7,10-14,22,32-33H,8-9,15H2,1-3H3,(H,28,31)(H,29,30). The molecule has 2 aromatic carbocycles. The van der Waals surface area contributed by atoms with Gasteiger partial charge in [-0.15, -0.1) is 0 Å². The first-order valence-corrected chi connectivity index (χ1v) is 13.9. The summed E-state index contributed by atoms with van der Waals surface area (Å²) in [7, 11) is -2.75. The van der Waals surface area contributed by atoms with Gasteiger partial charge in [-0.25, -0.2) is 19.2 Å². The Morgan fingerprint density at radius 2 is 1.89 bits per heavy atom. The molecule has 1 aromatic heterocycles. The van der Waals surface area contributed by atoms with Crippen molar-refractivity contribution in [1.29, 1.82) is 0 Å². The van der Waals surface area contributed by atoms with Crippen LogP contribution in [-0.4, -0.2) is 71.8 Å². The molecule has 0 spiro atoms. The van der Waals surface area contributed by atoms with Crippen molar-refractivity contribution in [2.45, 2.75) is 5.92 Å². The molecule has 0 saturated heterocycles. The minimum atomic E-state index is -1.92. The van der Waals surface area contributed by atoms with Crippen LogP contribution in [0.15, 0.2) is 54.9 Å². The van der Waals surface area contributed by atoms with Gasteiger partial charge in [-0.2, -0.15) is 0 Å². The normalized spacial score (nSPS) is 12.6. The number of nitrogens with zero attached hydrogens (tertiary/aromatic N) is 1. The first-order chi connectivity index (χ1) is 16.5. The van der Waals surface area contributed by atoms with E-state index in [2.05, 4.69) is 34.4 Å². The van der Waals surface area contributed by atoms with E-state index in [4.69, 9.17) is 4.74 Å². The van der Waals surface area contributed by atoms with Crippen molar-refractivity contribution < 1.29 is 28.8 Å². The molecule has 0 aliphatic heterocycles. The van der Waals surface area contributed by atoms with E-state index >= 15 is 0 Å². The SMILES string of the molecule is CS(C)(C)CCOC(=O)NCC(C(=O)Nc1ccc2cnccc2c1)c1cc(F)cc(B(O)O)c1. The zero-order valence-electron chi connectivity index (χ0n) is 19.8. The van der Waals surface area contributed by atoms with E-state index in [0.717, 1.165) is 28.7 Å². The van der Waals surface area contributed by atoms with Gasteiger partial charge in [0.1, 0.15) is 12.4 Å². The topological polar surface area (TPSA) is 121 Å². The van der Waals surface area contributed by atoms with Gasteiger partial charge in [-0.3, -0.25) is 9.78 Å². The highest BCUT2D eigenvalue weighted by molar-refractivity contribution is 8.32. The van der Waals surface area contributed by atoms with Gasteiger partial charge in [0.2, 0.25) is 5.91 Å². The fourth-order valence-corrected chi connectivity index (χ4v) is 3.94. The fraction of sp³-hybridized carbons (Fsp3) is 0.292. The smallest absolute Gasteiger partial charge is 0.449 e. The van der Waals surface area contributed by atoms with Gasteiger partial charge in [-0.1, -0.05) is 12.1 Å². The van der Waals surface area contributed by atoms with Crippen LogP contribution in [0.4, 0.5) is 14.9 Å². The average Bonchev–Trinajstić information content (AvgIpc) is 2.78. The van der Waals surface area contributed by atoms with E-state index in [0.29, 0.717) is 5.69 Å². The Morgan fingerprint density at radius 1 is 1.11 bits per heavy atom. The lowest BCUT2D eigenvalue weighted by atomic mass is 9.78. The molecule has 186 valence electrons. The van der Waals surface area contributed by atoms with Crippen LogP contribution in [-0.2, 0) is 9.53 Å². The Labute approximate surface area is 205 Å². The number of amides is 2. The Kier molecular flexibility index (Phi) is 8.71. The number of anilines is 1. The molecule has 3 aromatic rings. The van der Waals surface area contributed by atoms with Crippen molar-refractivity contribution in [2.24, 2.45) is 0 Å². The van der Waals surface area contributed by atoms with Crippen LogP contribution in [0.2, 0.25) is 0 Å². The fourth-order valence-electron chi connectivity index (χ4n) is 3.36. The van der Waals surface area contributed by atoms with Crippen molar-refractivity contribution >= 4 is 51.1 Å². The highest BCUT2D eigenvalue weighted by atomic mass is 32.3. The Balaban J connectivity index is 1.80. The lowest BCUT2D eigenvalue weighted by Gasteiger charge is -2.24. The quantitative estimate of drug-likeness (QED) is 0.334. The van der Waals surface area contributed by atoms with Gasteiger partial charge < -0.3 is 25.4 Å². The monoisotopic (exact) mass is 501 g/mol. The molecule has 1 atom stereocenters. The largest absolute Gasteiger partial charge is 0.488 e.